The quantitative estimate of drug-likeness (QED) is 0.598. The molecule has 0 atom stereocenters. The molecule has 0 saturated heterocycles. The highest BCUT2D eigenvalue weighted by molar-refractivity contribution is 5.90. The second-order valence-corrected chi connectivity index (χ2v) is 8.31. The zero-order valence-corrected chi connectivity index (χ0v) is 19.0. The normalized spacial score (nSPS) is 13.7. The van der Waals surface area contributed by atoms with Gasteiger partial charge in [-0.3, -0.25) is 9.59 Å². The summed E-state index contributed by atoms with van der Waals surface area (Å²) in [5.41, 5.74) is 2.66. The lowest BCUT2D eigenvalue weighted by atomic mass is 10.0. The third-order valence-corrected chi connectivity index (χ3v) is 6.20. The Morgan fingerprint density at radius 3 is 2.52 bits per heavy atom. The Bertz CT molecular complexity index is 1250. The van der Waals surface area contributed by atoms with Crippen molar-refractivity contribution in [1.82, 2.24) is 19.6 Å². The first-order valence-electron chi connectivity index (χ1n) is 11.5. The zero-order chi connectivity index (χ0) is 23.4. The minimum absolute atomic E-state index is 0.0648. The molecule has 8 nitrogen and oxygen atoms in total. The van der Waals surface area contributed by atoms with Crippen molar-refractivity contribution in [2.45, 2.75) is 64.8 Å². The van der Waals surface area contributed by atoms with Crippen molar-refractivity contribution in [3.05, 3.63) is 69.3 Å². The van der Waals surface area contributed by atoms with Crippen LogP contribution >= 0.6 is 0 Å². The van der Waals surface area contributed by atoms with Crippen LogP contribution in [0.5, 0.6) is 0 Å². The molecule has 0 unspecified atom stereocenters. The van der Waals surface area contributed by atoms with Gasteiger partial charge in [0.05, 0.1) is 17.1 Å². The number of amides is 1. The van der Waals surface area contributed by atoms with Crippen LogP contribution in [0.4, 0.5) is 5.82 Å². The number of anilines is 1. The van der Waals surface area contributed by atoms with Crippen LogP contribution < -0.4 is 10.9 Å². The molecule has 33 heavy (non-hydrogen) atoms. The standard InChI is InChI=1S/C25H28N6O2/c1-3-19-20(15-26)25(33)30(28-21(19)4-2)16-24(32)27-23-14-22(17-10-8-9-11-17)29-31(23)18-12-6-5-7-13-18/h5-7,12-14,17H,3-4,8-11,16H2,1-2H3,(H,27,32). The van der Waals surface area contributed by atoms with E-state index in [2.05, 4.69) is 10.4 Å². The number of carbonyl (C=O) groups excluding carboxylic acids is 1. The molecule has 0 spiro atoms. The van der Waals surface area contributed by atoms with Gasteiger partial charge in [-0.15, -0.1) is 0 Å². The highest BCUT2D eigenvalue weighted by atomic mass is 16.2. The molecule has 1 aliphatic carbocycles. The molecule has 0 aliphatic heterocycles. The van der Waals surface area contributed by atoms with Gasteiger partial charge in [0.1, 0.15) is 24.0 Å². The topological polar surface area (TPSA) is 106 Å². The number of nitriles is 1. The Balaban J connectivity index is 1.64. The van der Waals surface area contributed by atoms with Crippen molar-refractivity contribution in [3.8, 4) is 11.8 Å². The van der Waals surface area contributed by atoms with Crippen LogP contribution in [0.1, 0.15) is 68.0 Å². The van der Waals surface area contributed by atoms with Crippen LogP contribution in [-0.2, 0) is 24.2 Å². The number of carbonyl (C=O) groups is 1. The maximum atomic E-state index is 13.0. The van der Waals surface area contributed by atoms with E-state index in [4.69, 9.17) is 5.10 Å². The molecule has 0 bridgehead atoms. The lowest BCUT2D eigenvalue weighted by Gasteiger charge is -2.12. The minimum atomic E-state index is -0.537. The molecule has 1 fully saturated rings. The van der Waals surface area contributed by atoms with E-state index < -0.39 is 11.5 Å². The second-order valence-electron chi connectivity index (χ2n) is 8.31. The number of aryl methyl sites for hydroxylation is 1. The average molecular weight is 445 g/mol. The van der Waals surface area contributed by atoms with Crippen molar-refractivity contribution in [2.24, 2.45) is 0 Å². The summed E-state index contributed by atoms with van der Waals surface area (Å²) in [6.45, 7) is 3.53. The molecule has 170 valence electrons. The maximum absolute atomic E-state index is 13.0. The van der Waals surface area contributed by atoms with Crippen molar-refractivity contribution in [1.29, 1.82) is 5.26 Å². The first-order chi connectivity index (χ1) is 16.0. The number of hydrogen-bond donors (Lipinski definition) is 1. The van der Waals surface area contributed by atoms with Crippen molar-refractivity contribution in [2.75, 3.05) is 5.32 Å². The van der Waals surface area contributed by atoms with Crippen LogP contribution in [0.15, 0.2) is 41.2 Å². The summed E-state index contributed by atoms with van der Waals surface area (Å²) in [5, 5.41) is 21.6. The predicted octanol–water partition coefficient (Wildman–Crippen LogP) is 3.72. The van der Waals surface area contributed by atoms with Gasteiger partial charge in [0, 0.05) is 12.0 Å². The summed E-state index contributed by atoms with van der Waals surface area (Å²) in [7, 11) is 0. The van der Waals surface area contributed by atoms with Crippen molar-refractivity contribution < 1.29 is 4.79 Å². The van der Waals surface area contributed by atoms with Crippen LogP contribution in [-0.4, -0.2) is 25.5 Å². The SMILES string of the molecule is CCc1nn(CC(=O)Nc2cc(C3CCCC3)nn2-c2ccccc2)c(=O)c(C#N)c1CC. The van der Waals surface area contributed by atoms with Gasteiger partial charge in [0.25, 0.3) is 5.56 Å². The summed E-state index contributed by atoms with van der Waals surface area (Å²) in [6, 6.07) is 13.6. The summed E-state index contributed by atoms with van der Waals surface area (Å²) >= 11 is 0. The summed E-state index contributed by atoms with van der Waals surface area (Å²) in [5.74, 6) is 0.555. The highest BCUT2D eigenvalue weighted by Gasteiger charge is 2.23. The number of rotatable bonds is 7. The Labute approximate surface area is 192 Å². The Hall–Kier alpha value is -3.73. The molecule has 0 radical (unpaired) electrons. The average Bonchev–Trinajstić information content (AvgIpc) is 3.50. The molecule has 1 saturated carbocycles. The van der Waals surface area contributed by atoms with E-state index in [1.807, 2.05) is 56.3 Å². The molecule has 2 aromatic heterocycles. The lowest BCUT2D eigenvalue weighted by Crippen LogP contribution is -2.33. The summed E-state index contributed by atoms with van der Waals surface area (Å²) in [6.07, 6.45) is 5.69. The Morgan fingerprint density at radius 2 is 1.88 bits per heavy atom. The third kappa shape index (κ3) is 4.58. The largest absolute Gasteiger partial charge is 0.309 e. The van der Waals surface area contributed by atoms with Gasteiger partial charge in [-0.25, -0.2) is 9.36 Å². The fourth-order valence-electron chi connectivity index (χ4n) is 4.54. The number of hydrogen-bond acceptors (Lipinski definition) is 5. The Morgan fingerprint density at radius 1 is 1.15 bits per heavy atom. The number of nitrogens with zero attached hydrogens (tertiary/aromatic N) is 5. The monoisotopic (exact) mass is 444 g/mol. The fourth-order valence-corrected chi connectivity index (χ4v) is 4.54. The van der Waals surface area contributed by atoms with Gasteiger partial charge in [-0.05, 0) is 43.4 Å². The van der Waals surface area contributed by atoms with E-state index in [1.165, 1.54) is 12.8 Å². The molecule has 4 rings (SSSR count). The first-order valence-corrected chi connectivity index (χ1v) is 11.5. The summed E-state index contributed by atoms with van der Waals surface area (Å²) < 4.78 is 2.83. The fraction of sp³-hybridized carbons (Fsp3) is 0.400. The van der Waals surface area contributed by atoms with Gasteiger partial charge >= 0.3 is 0 Å². The molecule has 1 amide bonds. The van der Waals surface area contributed by atoms with E-state index in [9.17, 15) is 14.9 Å². The number of para-hydroxylation sites is 1. The predicted molar refractivity (Wildman–Crippen MR) is 125 cm³/mol. The van der Waals surface area contributed by atoms with Crippen LogP contribution in [0.25, 0.3) is 5.69 Å². The van der Waals surface area contributed by atoms with Crippen LogP contribution in [0.2, 0.25) is 0 Å². The van der Waals surface area contributed by atoms with Crippen molar-refractivity contribution in [3.63, 3.8) is 0 Å². The third-order valence-electron chi connectivity index (χ3n) is 6.20. The molecule has 1 N–H and O–H groups in total. The second kappa shape index (κ2) is 9.82. The van der Waals surface area contributed by atoms with Gasteiger partial charge < -0.3 is 5.32 Å². The molecule has 2 heterocycles. The maximum Gasteiger partial charge on any atom is 0.285 e. The van der Waals surface area contributed by atoms with Gasteiger partial charge in [-0.2, -0.15) is 15.5 Å². The van der Waals surface area contributed by atoms with Gasteiger partial charge in [0.15, 0.2) is 0 Å². The smallest absolute Gasteiger partial charge is 0.285 e. The summed E-state index contributed by atoms with van der Waals surface area (Å²) in [4.78, 5) is 25.7. The number of benzene rings is 1. The molecule has 8 heteroatoms. The van der Waals surface area contributed by atoms with Crippen LogP contribution in [0.3, 0.4) is 0 Å². The van der Waals surface area contributed by atoms with E-state index in [0.717, 1.165) is 28.9 Å². The molecule has 1 aliphatic rings. The van der Waals surface area contributed by atoms with E-state index in [-0.39, 0.29) is 12.1 Å². The van der Waals surface area contributed by atoms with Crippen LogP contribution in [0, 0.1) is 11.3 Å². The van der Waals surface area contributed by atoms with E-state index in [1.54, 1.807) is 4.68 Å². The lowest BCUT2D eigenvalue weighted by molar-refractivity contribution is -0.117. The molecular formula is C25H28N6O2. The Kier molecular flexibility index (Phi) is 6.68. The minimum Gasteiger partial charge on any atom is -0.309 e. The van der Waals surface area contributed by atoms with E-state index >= 15 is 0 Å². The zero-order valence-electron chi connectivity index (χ0n) is 19.0. The van der Waals surface area contributed by atoms with E-state index in [0.29, 0.717) is 35.8 Å². The van der Waals surface area contributed by atoms with Gasteiger partial charge in [0.2, 0.25) is 5.91 Å². The molecular weight excluding hydrogens is 416 g/mol. The van der Waals surface area contributed by atoms with Gasteiger partial charge in [-0.1, -0.05) is 44.9 Å². The number of nitrogens with one attached hydrogen (secondary N) is 1. The number of aromatic nitrogens is 4. The van der Waals surface area contributed by atoms with Crippen molar-refractivity contribution >= 4 is 11.7 Å². The first kappa shape index (κ1) is 22.5. The molecule has 3 aromatic rings. The molecule has 1 aromatic carbocycles. The highest BCUT2D eigenvalue weighted by Crippen LogP contribution is 2.35.